The second-order valence-corrected chi connectivity index (χ2v) is 21.4. The molecule has 0 N–H and O–H groups in total. The molecule has 1 aliphatic heterocycles. The maximum atomic E-state index is 2.55. The van der Waals surface area contributed by atoms with E-state index in [-0.39, 0.29) is 13.4 Å². The topological polar surface area (TPSA) is 3.24 Å². The lowest BCUT2D eigenvalue weighted by atomic mass is 9.34. The lowest BCUT2D eigenvalue weighted by Gasteiger charge is -2.36. The molecule has 9 rings (SSSR count). The monoisotopic (exact) mass is 890 g/mol. The van der Waals surface area contributed by atoms with Crippen molar-refractivity contribution in [2.75, 3.05) is 4.90 Å². The Bertz CT molecular complexity index is 3070. The molecule has 0 radical (unpaired) electrons. The van der Waals surface area contributed by atoms with E-state index in [1.807, 2.05) is 11.8 Å². The molecule has 0 atom stereocenters. The van der Waals surface area contributed by atoms with Gasteiger partial charge in [0.25, 0.3) is 0 Å². The fourth-order valence-corrected chi connectivity index (χ4v) is 13.5. The summed E-state index contributed by atoms with van der Waals surface area (Å²) in [6.45, 7) is 34.3. The highest BCUT2D eigenvalue weighted by atomic mass is 32.2. The summed E-state index contributed by atoms with van der Waals surface area (Å²) in [5, 5.41) is 0. The van der Waals surface area contributed by atoms with Gasteiger partial charge in [-0.1, -0.05) is 220 Å². The number of anilines is 3. The van der Waals surface area contributed by atoms with Gasteiger partial charge in [-0.3, -0.25) is 0 Å². The number of hydrogen-bond acceptors (Lipinski definition) is 2. The summed E-state index contributed by atoms with van der Waals surface area (Å²) in [4.78, 5) is 5.10. The van der Waals surface area contributed by atoms with Gasteiger partial charge >= 0.3 is 0 Å². The van der Waals surface area contributed by atoms with Crippen molar-refractivity contribution in [3.05, 3.63) is 205 Å². The Hall–Kier alpha value is -5.96. The number of fused-ring (bicyclic) bond motifs is 2. The fraction of sp³-hybridized carbons (Fsp3) is 0.238. The predicted molar refractivity (Wildman–Crippen MR) is 297 cm³/mol. The third-order valence-corrected chi connectivity index (χ3v) is 15.6. The first-order valence-electron chi connectivity index (χ1n) is 24.1. The Balaban J connectivity index is 1.23. The van der Waals surface area contributed by atoms with Crippen molar-refractivity contribution in [3.63, 3.8) is 0 Å². The van der Waals surface area contributed by atoms with E-state index in [2.05, 4.69) is 230 Å². The largest absolute Gasteiger partial charge is 0.308 e. The number of hydrogen-bond donors (Lipinski definition) is 0. The van der Waals surface area contributed by atoms with Crippen LogP contribution in [-0.4, -0.2) is 13.4 Å². The van der Waals surface area contributed by atoms with Gasteiger partial charge in [-0.05, 0) is 144 Å². The van der Waals surface area contributed by atoms with Crippen molar-refractivity contribution in [1.82, 2.24) is 0 Å². The molecule has 0 fully saturated rings. The molecule has 334 valence electrons. The van der Waals surface area contributed by atoms with Crippen molar-refractivity contribution in [2.24, 2.45) is 0 Å². The Labute approximate surface area is 407 Å². The van der Waals surface area contributed by atoms with E-state index >= 15 is 0 Å². The minimum Gasteiger partial charge on any atom is -0.308 e. The van der Waals surface area contributed by atoms with Crippen LogP contribution in [0.3, 0.4) is 0 Å². The minimum absolute atomic E-state index is 0.0911. The van der Waals surface area contributed by atoms with Crippen molar-refractivity contribution < 1.29 is 0 Å². The van der Waals surface area contributed by atoms with Crippen LogP contribution in [0.5, 0.6) is 0 Å². The van der Waals surface area contributed by atoms with Crippen LogP contribution in [0.15, 0.2) is 131 Å². The van der Waals surface area contributed by atoms with Gasteiger partial charge in [-0.25, -0.2) is 0 Å². The second kappa shape index (κ2) is 17.9. The molecule has 67 heavy (non-hydrogen) atoms. The first-order chi connectivity index (χ1) is 31.9. The van der Waals surface area contributed by atoms with Gasteiger partial charge in [0.2, 0.25) is 13.4 Å². The van der Waals surface area contributed by atoms with Crippen LogP contribution in [0.2, 0.25) is 0 Å². The van der Waals surface area contributed by atoms with E-state index in [4.69, 9.17) is 0 Å². The molecule has 0 bridgehead atoms. The molecule has 1 aliphatic rings. The molecule has 0 saturated heterocycles. The summed E-state index contributed by atoms with van der Waals surface area (Å²) in [6.07, 6.45) is 0. The number of rotatable bonds is 8. The number of benzene rings is 8. The highest BCUT2D eigenvalue weighted by Gasteiger charge is 2.33. The molecule has 4 heteroatoms. The second-order valence-electron chi connectivity index (χ2n) is 20.3. The van der Waals surface area contributed by atoms with Crippen molar-refractivity contribution in [3.8, 4) is 11.1 Å². The molecule has 0 aromatic heterocycles. The van der Waals surface area contributed by atoms with Crippen LogP contribution in [0.1, 0.15) is 83.5 Å². The highest BCUT2D eigenvalue weighted by Crippen LogP contribution is 2.53. The maximum Gasteiger partial charge on any atom is 0.242 e. The zero-order valence-electron chi connectivity index (χ0n) is 42.6. The molecular formula is C63H65B2NS. The van der Waals surface area contributed by atoms with Crippen molar-refractivity contribution in [1.29, 1.82) is 0 Å². The molecule has 1 nitrogen and oxygen atoms in total. The molecule has 0 saturated carbocycles. The smallest absolute Gasteiger partial charge is 0.242 e. The molecule has 0 aliphatic carbocycles. The number of aryl methyl sites for hydroxylation is 15. The minimum atomic E-state index is 0.0911. The highest BCUT2D eigenvalue weighted by molar-refractivity contribution is 7.99. The SMILES string of the molecule is Cc1cc(C)c(B(c2cccc(-c3ccc4c(c3)Sc3cc(B(c5c(C)cc(C)cc5C)c5c(C)cc(C)cc5C)ccc3N4c3c(C)cc(C)cc3C)c2)c2c(C)cc(C)cc2C)c(C)c1. The summed E-state index contributed by atoms with van der Waals surface area (Å²) < 4.78 is 0. The summed E-state index contributed by atoms with van der Waals surface area (Å²) in [6, 6.07) is 47.5. The first-order valence-corrected chi connectivity index (χ1v) is 24.9. The molecule has 0 amide bonds. The van der Waals surface area contributed by atoms with Crippen molar-refractivity contribution in [2.45, 2.75) is 114 Å². The van der Waals surface area contributed by atoms with E-state index in [1.54, 1.807) is 0 Å². The lowest BCUT2D eigenvalue weighted by Crippen LogP contribution is -2.56. The Morgan fingerprint density at radius 1 is 0.313 bits per heavy atom. The van der Waals surface area contributed by atoms with Crippen molar-refractivity contribution >= 4 is 75.0 Å². The Morgan fingerprint density at radius 3 is 1.04 bits per heavy atom. The summed E-state index contributed by atoms with van der Waals surface area (Å²) in [7, 11) is 0. The maximum absolute atomic E-state index is 2.55. The zero-order chi connectivity index (χ0) is 47.7. The third-order valence-electron chi connectivity index (χ3n) is 14.5. The fourth-order valence-electron chi connectivity index (χ4n) is 12.4. The molecular weight excluding hydrogens is 824 g/mol. The van der Waals surface area contributed by atoms with Crippen LogP contribution >= 0.6 is 11.8 Å². The Kier molecular flexibility index (Phi) is 12.4. The van der Waals surface area contributed by atoms with Crippen LogP contribution < -0.4 is 37.7 Å². The van der Waals surface area contributed by atoms with Gasteiger partial charge in [0.15, 0.2) is 0 Å². The van der Waals surface area contributed by atoms with Crippen LogP contribution in [0.25, 0.3) is 11.1 Å². The van der Waals surface area contributed by atoms with Gasteiger partial charge in [-0.15, -0.1) is 0 Å². The quantitative estimate of drug-likeness (QED) is 0.140. The third kappa shape index (κ3) is 8.52. The van der Waals surface area contributed by atoms with Gasteiger partial charge < -0.3 is 4.90 Å². The molecule has 1 heterocycles. The summed E-state index contributed by atoms with van der Waals surface area (Å²) in [5.74, 6) is 0. The van der Waals surface area contributed by atoms with Gasteiger partial charge in [-0.2, -0.15) is 0 Å². The standard InChI is InChI=1S/C63H65B2NS/c1-36-23-41(6)59(42(7)24-36)64(60-43(8)25-37(2)26-44(60)9)53-18-16-17-51(33-53)52-19-21-55-57(34-52)67-58-35-54(20-22-56(58)66(55)63-49(14)31-40(5)32-50(63)15)65(61-45(10)27-38(3)28-46(61)11)62-47(12)29-39(4)30-48(62)13/h16-35H,1-15H3. The van der Waals surface area contributed by atoms with E-state index in [0.29, 0.717) is 0 Å². The normalized spacial score (nSPS) is 12.0. The van der Waals surface area contributed by atoms with Crippen LogP contribution in [-0.2, 0) is 0 Å². The molecule has 8 aromatic rings. The van der Waals surface area contributed by atoms with E-state index in [9.17, 15) is 0 Å². The Morgan fingerprint density at radius 2 is 0.642 bits per heavy atom. The summed E-state index contributed by atoms with van der Waals surface area (Å²) >= 11 is 1.92. The lowest BCUT2D eigenvalue weighted by molar-refractivity contribution is 1.13. The van der Waals surface area contributed by atoms with Gasteiger partial charge in [0.05, 0.1) is 17.1 Å². The average Bonchev–Trinajstić information content (AvgIpc) is 3.23. The summed E-state index contributed by atoms with van der Waals surface area (Å²) in [5.41, 5.74) is 34.4. The average molecular weight is 890 g/mol. The molecule has 0 spiro atoms. The van der Waals surface area contributed by atoms with E-state index in [1.165, 1.54) is 154 Å². The molecule has 8 aromatic carbocycles. The van der Waals surface area contributed by atoms with Crippen LogP contribution in [0, 0.1) is 104 Å². The van der Waals surface area contributed by atoms with Crippen LogP contribution in [0.4, 0.5) is 17.1 Å². The number of nitrogens with zero attached hydrogens (tertiary/aromatic N) is 1. The molecule has 0 unspecified atom stereocenters. The van der Waals surface area contributed by atoms with Gasteiger partial charge in [0, 0.05) is 9.79 Å². The predicted octanol–water partition coefficient (Wildman–Crippen LogP) is 12.9. The van der Waals surface area contributed by atoms with Gasteiger partial charge in [0.1, 0.15) is 0 Å². The van der Waals surface area contributed by atoms with E-state index < -0.39 is 0 Å². The van der Waals surface area contributed by atoms with E-state index in [0.717, 1.165) is 0 Å². The first kappa shape index (κ1) is 46.2. The zero-order valence-corrected chi connectivity index (χ0v) is 43.4.